The van der Waals surface area contributed by atoms with Gasteiger partial charge < -0.3 is 5.11 Å². The average Bonchev–Trinajstić information content (AvgIpc) is 2.30. The molecule has 0 atom stereocenters. The van der Waals surface area contributed by atoms with Crippen LogP contribution in [-0.4, -0.2) is 31.6 Å². The average molecular weight is 260 g/mol. The lowest BCUT2D eigenvalue weighted by atomic mass is 10.4. The van der Waals surface area contributed by atoms with Crippen molar-refractivity contribution in [2.75, 3.05) is 18.1 Å². The summed E-state index contributed by atoms with van der Waals surface area (Å²) in [5.74, 6) is 0.973. The van der Waals surface area contributed by atoms with E-state index in [2.05, 4.69) is 0 Å². The van der Waals surface area contributed by atoms with Gasteiger partial charge >= 0.3 is 0 Å². The zero-order valence-electron chi connectivity index (χ0n) is 9.22. The minimum atomic E-state index is -3.09. The summed E-state index contributed by atoms with van der Waals surface area (Å²) in [4.78, 5) is 1.41. The van der Waals surface area contributed by atoms with Crippen LogP contribution in [0.3, 0.4) is 0 Å². The molecule has 0 unspecified atom stereocenters. The molecule has 3 nitrogen and oxygen atoms in total. The Balaban J connectivity index is 2.68. The van der Waals surface area contributed by atoms with E-state index in [0.717, 1.165) is 17.1 Å². The third-order valence-electron chi connectivity index (χ3n) is 2.13. The minimum absolute atomic E-state index is 0.129. The summed E-state index contributed by atoms with van der Waals surface area (Å²) in [6.45, 7) is 1.83. The molecule has 0 aliphatic heterocycles. The van der Waals surface area contributed by atoms with Gasteiger partial charge in [0.25, 0.3) is 0 Å². The normalized spacial score (nSPS) is 11.6. The Hall–Kier alpha value is -0.520. The van der Waals surface area contributed by atoms with Crippen molar-refractivity contribution in [3.63, 3.8) is 0 Å². The molecular formula is C11H16O3S2. The van der Waals surface area contributed by atoms with E-state index in [1.54, 1.807) is 30.8 Å². The summed E-state index contributed by atoms with van der Waals surface area (Å²) in [5, 5.41) is 8.63. The van der Waals surface area contributed by atoms with Gasteiger partial charge in [-0.1, -0.05) is 6.92 Å². The summed E-state index contributed by atoms with van der Waals surface area (Å²) in [6, 6.07) is 6.90. The first-order valence-corrected chi connectivity index (χ1v) is 7.80. The quantitative estimate of drug-likeness (QED) is 0.627. The fourth-order valence-electron chi connectivity index (χ4n) is 1.16. The van der Waals surface area contributed by atoms with Crippen LogP contribution in [0.25, 0.3) is 0 Å². The SMILES string of the molecule is CCS(=O)(=O)c1ccc(SCCCO)cc1. The number of rotatable bonds is 6. The summed E-state index contributed by atoms with van der Waals surface area (Å²) >= 11 is 1.62. The van der Waals surface area contributed by atoms with Crippen LogP contribution in [0.1, 0.15) is 13.3 Å². The highest BCUT2D eigenvalue weighted by molar-refractivity contribution is 7.99. The van der Waals surface area contributed by atoms with Crippen LogP contribution in [0.2, 0.25) is 0 Å². The molecule has 0 aliphatic carbocycles. The molecule has 0 bridgehead atoms. The molecule has 0 spiro atoms. The smallest absolute Gasteiger partial charge is 0.178 e. The van der Waals surface area contributed by atoms with Gasteiger partial charge in [0.1, 0.15) is 0 Å². The molecule has 0 radical (unpaired) electrons. The maximum absolute atomic E-state index is 11.5. The maximum Gasteiger partial charge on any atom is 0.178 e. The van der Waals surface area contributed by atoms with Crippen molar-refractivity contribution in [2.24, 2.45) is 0 Å². The van der Waals surface area contributed by atoms with Gasteiger partial charge in [0.15, 0.2) is 9.84 Å². The highest BCUT2D eigenvalue weighted by atomic mass is 32.2. The second kappa shape index (κ2) is 6.27. The van der Waals surface area contributed by atoms with Gasteiger partial charge in [-0.25, -0.2) is 8.42 Å². The predicted molar refractivity (Wildman–Crippen MR) is 66.6 cm³/mol. The Morgan fingerprint density at radius 1 is 1.25 bits per heavy atom. The lowest BCUT2D eigenvalue weighted by Gasteiger charge is -2.03. The Morgan fingerprint density at radius 2 is 1.88 bits per heavy atom. The lowest BCUT2D eigenvalue weighted by molar-refractivity contribution is 0.296. The van der Waals surface area contributed by atoms with Gasteiger partial charge in [-0.05, 0) is 30.7 Å². The molecular weight excluding hydrogens is 244 g/mol. The number of benzene rings is 1. The van der Waals surface area contributed by atoms with E-state index in [1.807, 2.05) is 12.1 Å². The number of aliphatic hydroxyl groups is 1. The van der Waals surface area contributed by atoms with Gasteiger partial charge in [0, 0.05) is 17.3 Å². The van der Waals surface area contributed by atoms with Crippen molar-refractivity contribution >= 4 is 21.6 Å². The van der Waals surface area contributed by atoms with Crippen LogP contribution in [0, 0.1) is 0 Å². The van der Waals surface area contributed by atoms with Gasteiger partial charge in [-0.3, -0.25) is 0 Å². The first-order valence-electron chi connectivity index (χ1n) is 5.16. The molecule has 1 aromatic rings. The molecule has 0 saturated heterocycles. The van der Waals surface area contributed by atoms with Crippen LogP contribution in [-0.2, 0) is 9.84 Å². The number of sulfone groups is 1. The monoisotopic (exact) mass is 260 g/mol. The lowest BCUT2D eigenvalue weighted by Crippen LogP contribution is -2.02. The molecule has 0 amide bonds. The predicted octanol–water partition coefficient (Wildman–Crippen LogP) is 1.95. The van der Waals surface area contributed by atoms with Gasteiger partial charge in [0.05, 0.1) is 10.6 Å². The topological polar surface area (TPSA) is 54.4 Å². The molecule has 0 heterocycles. The molecule has 1 aromatic carbocycles. The third-order valence-corrected chi connectivity index (χ3v) is 4.98. The van der Waals surface area contributed by atoms with Crippen molar-refractivity contribution in [2.45, 2.75) is 23.1 Å². The van der Waals surface area contributed by atoms with E-state index in [0.29, 0.717) is 4.90 Å². The number of aliphatic hydroxyl groups excluding tert-OH is 1. The van der Waals surface area contributed by atoms with E-state index in [1.165, 1.54) is 0 Å². The first-order chi connectivity index (χ1) is 7.60. The van der Waals surface area contributed by atoms with E-state index < -0.39 is 9.84 Å². The maximum atomic E-state index is 11.5. The molecule has 0 fully saturated rings. The molecule has 16 heavy (non-hydrogen) atoms. The minimum Gasteiger partial charge on any atom is -0.396 e. The fraction of sp³-hybridized carbons (Fsp3) is 0.455. The van der Waals surface area contributed by atoms with Crippen molar-refractivity contribution in [1.29, 1.82) is 0 Å². The number of thioether (sulfide) groups is 1. The zero-order valence-corrected chi connectivity index (χ0v) is 10.9. The van der Waals surface area contributed by atoms with Crippen LogP contribution in [0.15, 0.2) is 34.1 Å². The van der Waals surface area contributed by atoms with E-state index in [-0.39, 0.29) is 12.4 Å². The molecule has 1 rings (SSSR count). The Kier molecular flexibility index (Phi) is 5.31. The van der Waals surface area contributed by atoms with Crippen LogP contribution >= 0.6 is 11.8 Å². The summed E-state index contributed by atoms with van der Waals surface area (Å²) in [6.07, 6.45) is 0.750. The third kappa shape index (κ3) is 3.81. The molecule has 0 aliphatic rings. The molecule has 0 aromatic heterocycles. The van der Waals surface area contributed by atoms with E-state index >= 15 is 0 Å². The number of hydrogen-bond acceptors (Lipinski definition) is 4. The molecule has 5 heteroatoms. The van der Waals surface area contributed by atoms with Gasteiger partial charge in [0.2, 0.25) is 0 Å². The molecule has 90 valence electrons. The Labute approximate surface area is 101 Å². The van der Waals surface area contributed by atoms with E-state index in [4.69, 9.17) is 5.11 Å². The number of hydrogen-bond donors (Lipinski definition) is 1. The van der Waals surface area contributed by atoms with Gasteiger partial charge in [-0.2, -0.15) is 0 Å². The zero-order chi connectivity index (χ0) is 12.0. The van der Waals surface area contributed by atoms with Crippen LogP contribution < -0.4 is 0 Å². The highest BCUT2D eigenvalue weighted by Crippen LogP contribution is 2.21. The Morgan fingerprint density at radius 3 is 2.38 bits per heavy atom. The standard InChI is InChI=1S/C11H16O3S2/c1-2-16(13,14)11-6-4-10(5-7-11)15-9-3-8-12/h4-7,12H,2-3,8-9H2,1H3. The van der Waals surface area contributed by atoms with Crippen LogP contribution in [0.4, 0.5) is 0 Å². The molecule has 0 saturated carbocycles. The fourth-order valence-corrected chi connectivity index (χ4v) is 2.89. The van der Waals surface area contributed by atoms with E-state index in [9.17, 15) is 8.42 Å². The molecule has 1 N–H and O–H groups in total. The largest absolute Gasteiger partial charge is 0.396 e. The second-order valence-electron chi connectivity index (χ2n) is 3.30. The van der Waals surface area contributed by atoms with Crippen molar-refractivity contribution in [1.82, 2.24) is 0 Å². The first kappa shape index (κ1) is 13.5. The Bertz CT molecular complexity index is 409. The summed E-state index contributed by atoms with van der Waals surface area (Å²) in [7, 11) is -3.09. The van der Waals surface area contributed by atoms with Gasteiger partial charge in [-0.15, -0.1) is 11.8 Å². The van der Waals surface area contributed by atoms with Crippen molar-refractivity contribution < 1.29 is 13.5 Å². The summed E-state index contributed by atoms with van der Waals surface area (Å²) < 4.78 is 23.1. The van der Waals surface area contributed by atoms with Crippen molar-refractivity contribution in [3.05, 3.63) is 24.3 Å². The van der Waals surface area contributed by atoms with Crippen LogP contribution in [0.5, 0.6) is 0 Å². The second-order valence-corrected chi connectivity index (χ2v) is 6.75. The highest BCUT2D eigenvalue weighted by Gasteiger charge is 2.10. The summed E-state index contributed by atoms with van der Waals surface area (Å²) in [5.41, 5.74) is 0. The van der Waals surface area contributed by atoms with Crippen molar-refractivity contribution in [3.8, 4) is 0 Å².